The third kappa shape index (κ3) is 3.48. The number of carbonyl (C=O) groups is 1. The number of rotatable bonds is 6. The molecule has 1 aliphatic carbocycles. The third-order valence-electron chi connectivity index (χ3n) is 5.05. The lowest BCUT2D eigenvalue weighted by Gasteiger charge is -2.37. The summed E-state index contributed by atoms with van der Waals surface area (Å²) in [4.78, 5) is 20.3. The van der Waals surface area contributed by atoms with Crippen LogP contribution in [0.2, 0.25) is 0 Å². The Morgan fingerprint density at radius 1 is 1.42 bits per heavy atom. The van der Waals surface area contributed by atoms with Gasteiger partial charge in [0.25, 0.3) is 0 Å². The average molecular weight is 353 g/mol. The Bertz CT molecular complexity index is 876. The molecule has 0 unspecified atom stereocenters. The van der Waals surface area contributed by atoms with Crippen molar-refractivity contribution in [2.24, 2.45) is 13.0 Å². The normalized spacial score (nSPS) is 20.7. The van der Waals surface area contributed by atoms with Crippen LogP contribution >= 0.6 is 0 Å². The van der Waals surface area contributed by atoms with Crippen molar-refractivity contribution in [2.75, 3.05) is 0 Å². The Kier molecular flexibility index (Phi) is 4.46. The van der Waals surface area contributed by atoms with Crippen molar-refractivity contribution in [3.05, 3.63) is 48.0 Å². The number of H-pyrrole nitrogens is 1. The number of nitrogens with one attached hydrogen (secondary N) is 2. The highest BCUT2D eigenvalue weighted by atomic mass is 16.3. The number of nitrogens with zero attached hydrogens (tertiary/aromatic N) is 3. The van der Waals surface area contributed by atoms with E-state index < -0.39 is 0 Å². The second-order valence-corrected chi connectivity index (χ2v) is 7.08. The van der Waals surface area contributed by atoms with Gasteiger partial charge < -0.3 is 15.4 Å². The fourth-order valence-electron chi connectivity index (χ4n) is 3.58. The smallest absolute Gasteiger partial charge is 0.220 e. The van der Waals surface area contributed by atoms with Gasteiger partial charge in [0.15, 0.2) is 0 Å². The van der Waals surface area contributed by atoms with Gasteiger partial charge in [0.1, 0.15) is 5.82 Å². The second kappa shape index (κ2) is 6.92. The highest BCUT2D eigenvalue weighted by Crippen LogP contribution is 2.38. The first-order valence-corrected chi connectivity index (χ1v) is 8.98. The molecule has 0 spiro atoms. The van der Waals surface area contributed by atoms with Crippen molar-refractivity contribution in [3.8, 4) is 0 Å². The number of hydrogen-bond acceptors (Lipinski definition) is 4. The quantitative estimate of drug-likeness (QED) is 0.630. The first-order valence-electron chi connectivity index (χ1n) is 8.98. The molecule has 2 aromatic heterocycles. The van der Waals surface area contributed by atoms with E-state index in [0.29, 0.717) is 25.7 Å². The number of aryl methyl sites for hydroxylation is 2. The molecule has 1 aromatic carbocycles. The van der Waals surface area contributed by atoms with E-state index in [1.807, 2.05) is 37.5 Å². The molecule has 136 valence electrons. The molecule has 1 aliphatic rings. The molecule has 1 fully saturated rings. The van der Waals surface area contributed by atoms with Gasteiger partial charge in [-0.1, -0.05) is 12.1 Å². The minimum absolute atomic E-state index is 0.0132. The molecule has 4 rings (SSSR count). The van der Waals surface area contributed by atoms with Crippen LogP contribution in [0.4, 0.5) is 0 Å². The molecule has 7 heteroatoms. The van der Waals surface area contributed by atoms with Crippen molar-refractivity contribution in [1.82, 2.24) is 25.1 Å². The van der Waals surface area contributed by atoms with Crippen molar-refractivity contribution in [2.45, 2.75) is 37.8 Å². The van der Waals surface area contributed by atoms with Crippen molar-refractivity contribution in [1.29, 1.82) is 0 Å². The van der Waals surface area contributed by atoms with Crippen molar-refractivity contribution < 1.29 is 9.90 Å². The highest BCUT2D eigenvalue weighted by molar-refractivity contribution is 5.77. The average Bonchev–Trinajstić information content (AvgIpc) is 3.21. The molecule has 0 bridgehead atoms. The lowest BCUT2D eigenvalue weighted by Crippen LogP contribution is -2.41. The summed E-state index contributed by atoms with van der Waals surface area (Å²) in [5.74, 6) is 1.06. The molecule has 0 saturated heterocycles. The van der Waals surface area contributed by atoms with E-state index in [1.54, 1.807) is 10.9 Å². The van der Waals surface area contributed by atoms with E-state index in [-0.39, 0.29) is 24.0 Å². The standard InChI is InChI=1S/C19H23N5O2/c1-24-11-13(10-20-24)19(12-8-14(25)9-12)23-18(26)7-6-17-21-15-4-2-3-5-16(15)22-17/h2-5,10-12,14,19,25H,6-9H2,1H3,(H,21,22)(H,23,26)/t12?,14?,19-/m0/s1. The lowest BCUT2D eigenvalue weighted by molar-refractivity contribution is -0.123. The topological polar surface area (TPSA) is 95.8 Å². The molecule has 7 nitrogen and oxygen atoms in total. The number of para-hydroxylation sites is 2. The molecule has 2 heterocycles. The van der Waals surface area contributed by atoms with E-state index >= 15 is 0 Å². The predicted molar refractivity (Wildman–Crippen MR) is 97.2 cm³/mol. The summed E-state index contributed by atoms with van der Waals surface area (Å²) in [5.41, 5.74) is 2.89. The van der Waals surface area contributed by atoms with Crippen LogP contribution in [0.15, 0.2) is 36.7 Å². The molecule has 1 atom stereocenters. The molecule has 0 radical (unpaired) electrons. The van der Waals surface area contributed by atoms with Crippen molar-refractivity contribution >= 4 is 16.9 Å². The molecule has 0 aliphatic heterocycles. The van der Waals surface area contributed by atoms with Gasteiger partial charge in [0.2, 0.25) is 5.91 Å². The number of aromatic amines is 1. The molecule has 3 aromatic rings. The van der Waals surface area contributed by atoms with E-state index in [1.165, 1.54) is 0 Å². The number of aromatic nitrogens is 4. The van der Waals surface area contributed by atoms with Gasteiger partial charge in [-0.25, -0.2) is 4.98 Å². The van der Waals surface area contributed by atoms with E-state index in [0.717, 1.165) is 22.4 Å². The molecule has 26 heavy (non-hydrogen) atoms. The minimum Gasteiger partial charge on any atom is -0.393 e. The van der Waals surface area contributed by atoms with Gasteiger partial charge >= 0.3 is 0 Å². The Labute approximate surface area is 151 Å². The molecule has 1 amide bonds. The van der Waals surface area contributed by atoms with Crippen LogP contribution in [0, 0.1) is 5.92 Å². The summed E-state index contributed by atoms with van der Waals surface area (Å²) in [6.07, 6.45) is 5.81. The van der Waals surface area contributed by atoms with Crippen LogP contribution in [0.3, 0.4) is 0 Å². The summed E-state index contributed by atoms with van der Waals surface area (Å²) in [6, 6.07) is 7.74. The van der Waals surface area contributed by atoms with E-state index in [2.05, 4.69) is 20.4 Å². The monoisotopic (exact) mass is 353 g/mol. The number of amides is 1. The zero-order valence-corrected chi connectivity index (χ0v) is 14.7. The number of aliphatic hydroxyl groups excluding tert-OH is 1. The largest absolute Gasteiger partial charge is 0.393 e. The van der Waals surface area contributed by atoms with Crippen LogP contribution in [-0.2, 0) is 18.3 Å². The summed E-state index contributed by atoms with van der Waals surface area (Å²) >= 11 is 0. The maximum absolute atomic E-state index is 12.5. The second-order valence-electron chi connectivity index (χ2n) is 7.08. The number of imidazole rings is 1. The Hall–Kier alpha value is -2.67. The summed E-state index contributed by atoms with van der Waals surface area (Å²) in [7, 11) is 1.86. The summed E-state index contributed by atoms with van der Waals surface area (Å²) < 4.78 is 1.73. The fourth-order valence-corrected chi connectivity index (χ4v) is 3.58. The first kappa shape index (κ1) is 16.8. The molecule has 1 saturated carbocycles. The minimum atomic E-state index is -0.258. The zero-order chi connectivity index (χ0) is 18.1. The lowest BCUT2D eigenvalue weighted by atomic mass is 9.75. The van der Waals surface area contributed by atoms with Gasteiger partial charge in [-0.15, -0.1) is 0 Å². The van der Waals surface area contributed by atoms with Crippen LogP contribution < -0.4 is 5.32 Å². The molecular formula is C19H23N5O2. The van der Waals surface area contributed by atoms with E-state index in [4.69, 9.17) is 0 Å². The Morgan fingerprint density at radius 2 is 2.23 bits per heavy atom. The number of benzene rings is 1. The van der Waals surface area contributed by atoms with Crippen LogP contribution in [0.1, 0.15) is 36.7 Å². The number of hydrogen-bond donors (Lipinski definition) is 3. The van der Waals surface area contributed by atoms with Gasteiger partial charge in [0, 0.05) is 31.6 Å². The SMILES string of the molecule is Cn1cc([C@@H](NC(=O)CCc2nc3ccccc3[nH]2)C2CC(O)C2)cn1. The van der Waals surface area contributed by atoms with Gasteiger partial charge in [0.05, 0.1) is 29.4 Å². The molecular weight excluding hydrogens is 330 g/mol. The Balaban J connectivity index is 1.39. The zero-order valence-electron chi connectivity index (χ0n) is 14.7. The van der Waals surface area contributed by atoms with Crippen LogP contribution in [0.25, 0.3) is 11.0 Å². The summed E-state index contributed by atoms with van der Waals surface area (Å²) in [5, 5.41) is 17.0. The number of fused-ring (bicyclic) bond motifs is 1. The number of carbonyl (C=O) groups excluding carboxylic acids is 1. The first-order chi connectivity index (χ1) is 12.6. The fraction of sp³-hybridized carbons (Fsp3) is 0.421. The Morgan fingerprint density at radius 3 is 2.92 bits per heavy atom. The maximum Gasteiger partial charge on any atom is 0.220 e. The van der Waals surface area contributed by atoms with Crippen LogP contribution in [-0.4, -0.2) is 36.9 Å². The van der Waals surface area contributed by atoms with E-state index in [9.17, 15) is 9.90 Å². The molecule has 3 N–H and O–H groups in total. The summed E-state index contributed by atoms with van der Waals surface area (Å²) in [6.45, 7) is 0. The van der Waals surface area contributed by atoms with Gasteiger partial charge in [-0.3, -0.25) is 9.48 Å². The van der Waals surface area contributed by atoms with Gasteiger partial charge in [-0.05, 0) is 30.9 Å². The maximum atomic E-state index is 12.5. The predicted octanol–water partition coefficient (Wildman–Crippen LogP) is 1.86. The van der Waals surface area contributed by atoms with Gasteiger partial charge in [-0.2, -0.15) is 5.10 Å². The van der Waals surface area contributed by atoms with Crippen LogP contribution in [0.5, 0.6) is 0 Å². The highest BCUT2D eigenvalue weighted by Gasteiger charge is 2.36. The number of aliphatic hydroxyl groups is 1. The third-order valence-corrected chi connectivity index (χ3v) is 5.05. The van der Waals surface area contributed by atoms with Crippen molar-refractivity contribution in [3.63, 3.8) is 0 Å².